The fraction of sp³-hybridized carbons (Fsp3) is 0.333. The SMILES string of the molecule is O=C(O)CC1(CS[C@H](CCc2ccccc2C(O)(C(F)(F)F)C(F)(F)F)c2cccc(/C=C/c3ccc4sc(Cl)c(Cl)c4n3)c2)CC1. The Morgan fingerprint density at radius 2 is 1.70 bits per heavy atom. The van der Waals surface area contributed by atoms with E-state index in [1.165, 1.54) is 29.2 Å². The summed E-state index contributed by atoms with van der Waals surface area (Å²) >= 11 is 15.1. The van der Waals surface area contributed by atoms with Crippen LogP contribution in [-0.2, 0) is 16.8 Å². The fourth-order valence-electron chi connectivity index (χ4n) is 5.41. The Kier molecular flexibility index (Phi) is 10.3. The van der Waals surface area contributed by atoms with E-state index in [1.54, 1.807) is 12.1 Å². The zero-order valence-corrected chi connectivity index (χ0v) is 27.5. The highest BCUT2D eigenvalue weighted by Gasteiger charge is 2.71. The topological polar surface area (TPSA) is 70.4 Å². The summed E-state index contributed by atoms with van der Waals surface area (Å²) < 4.78 is 84.0. The van der Waals surface area contributed by atoms with Crippen LogP contribution in [0.25, 0.3) is 22.4 Å². The first-order valence-electron chi connectivity index (χ1n) is 14.3. The van der Waals surface area contributed by atoms with Gasteiger partial charge in [-0.25, -0.2) is 4.98 Å². The van der Waals surface area contributed by atoms with E-state index in [-0.39, 0.29) is 24.8 Å². The number of fused-ring (bicyclic) bond motifs is 1. The van der Waals surface area contributed by atoms with Gasteiger partial charge in [-0.1, -0.05) is 77.8 Å². The lowest BCUT2D eigenvalue weighted by molar-refractivity contribution is -0.376. The normalized spacial score (nSPS) is 15.8. The van der Waals surface area contributed by atoms with Gasteiger partial charge in [0, 0.05) is 16.6 Å². The van der Waals surface area contributed by atoms with E-state index < -0.39 is 40.2 Å². The number of alkyl halides is 6. The molecule has 0 saturated heterocycles. The minimum atomic E-state index is -6.01. The van der Waals surface area contributed by atoms with Crippen LogP contribution in [0.1, 0.15) is 58.9 Å². The number of nitrogens with zero attached hydrogens (tertiary/aromatic N) is 1. The van der Waals surface area contributed by atoms with Crippen molar-refractivity contribution in [1.29, 1.82) is 0 Å². The first-order valence-corrected chi connectivity index (χ1v) is 17.0. The Balaban J connectivity index is 1.43. The number of carboxylic acid groups (broad SMARTS) is 1. The van der Waals surface area contributed by atoms with E-state index >= 15 is 0 Å². The Bertz CT molecular complexity index is 1790. The van der Waals surface area contributed by atoms with E-state index in [2.05, 4.69) is 4.98 Å². The standard InChI is InChI=1S/C33H27Cl2F6NO3S2/c34-27-28-25(47-29(27)35)13-11-22(42-28)10-8-19-4-3-6-21(16-19)24(46-18-30(14-15-30)17-26(43)44)12-9-20-5-1-2-7-23(20)31(45,32(36,37)38)33(39,40)41/h1-8,10-11,13,16,24,45H,9,12,14-15,17-18H2,(H,43,44)/b10-8+/t24-/m1/s1. The number of pyridine rings is 1. The molecule has 1 aliphatic carbocycles. The van der Waals surface area contributed by atoms with Gasteiger partial charge in [0.15, 0.2) is 0 Å². The number of carbonyl (C=O) groups is 1. The number of aliphatic hydroxyl groups is 1. The average Bonchev–Trinajstić information content (AvgIpc) is 3.70. The number of halogens is 8. The Labute approximate surface area is 284 Å². The molecule has 0 bridgehead atoms. The van der Waals surface area contributed by atoms with Gasteiger partial charge in [-0.05, 0) is 66.0 Å². The van der Waals surface area contributed by atoms with Crippen molar-refractivity contribution >= 4 is 74.6 Å². The molecule has 1 fully saturated rings. The fourth-order valence-corrected chi connectivity index (χ4v) is 8.39. The smallest absolute Gasteiger partial charge is 0.430 e. The monoisotopic (exact) mass is 733 g/mol. The summed E-state index contributed by atoms with van der Waals surface area (Å²) in [4.78, 5) is 16.0. The number of hydrogen-bond donors (Lipinski definition) is 2. The number of aryl methyl sites for hydroxylation is 1. The molecule has 1 aliphatic rings. The van der Waals surface area contributed by atoms with Crippen molar-refractivity contribution in [2.24, 2.45) is 5.41 Å². The Morgan fingerprint density at radius 1 is 1.00 bits per heavy atom. The van der Waals surface area contributed by atoms with Crippen LogP contribution >= 0.6 is 46.3 Å². The molecule has 14 heteroatoms. The Hall–Kier alpha value is -2.77. The summed E-state index contributed by atoms with van der Waals surface area (Å²) in [6, 6.07) is 15.1. The first kappa shape index (κ1) is 35.5. The molecular weight excluding hydrogens is 707 g/mol. The number of thiophene rings is 1. The van der Waals surface area contributed by atoms with Gasteiger partial charge in [0.25, 0.3) is 5.60 Å². The first-order chi connectivity index (χ1) is 22.0. The molecule has 0 amide bonds. The number of hydrogen-bond acceptors (Lipinski definition) is 5. The molecule has 1 atom stereocenters. The molecule has 0 unspecified atom stereocenters. The summed E-state index contributed by atoms with van der Waals surface area (Å²) in [6.45, 7) is 0. The lowest BCUT2D eigenvalue weighted by Crippen LogP contribution is -2.54. The molecule has 2 heterocycles. The number of benzene rings is 2. The summed E-state index contributed by atoms with van der Waals surface area (Å²) in [5, 5.41) is 19.5. The lowest BCUT2D eigenvalue weighted by Gasteiger charge is -2.34. The van der Waals surface area contributed by atoms with Gasteiger partial charge >= 0.3 is 18.3 Å². The molecule has 0 radical (unpaired) electrons. The maximum absolute atomic E-state index is 13.8. The largest absolute Gasteiger partial charge is 0.481 e. The van der Waals surface area contributed by atoms with Crippen molar-refractivity contribution in [2.75, 3.05) is 5.75 Å². The maximum atomic E-state index is 13.8. The summed E-state index contributed by atoms with van der Waals surface area (Å²) in [5.74, 6) is -0.480. The maximum Gasteiger partial charge on any atom is 0.430 e. The average molecular weight is 735 g/mol. The number of aromatic nitrogens is 1. The third-order valence-electron chi connectivity index (χ3n) is 8.17. The van der Waals surface area contributed by atoms with Gasteiger partial charge in [0.05, 0.1) is 21.8 Å². The van der Waals surface area contributed by atoms with Crippen molar-refractivity contribution in [3.63, 3.8) is 0 Å². The summed E-state index contributed by atoms with van der Waals surface area (Å²) in [7, 11) is 0. The predicted molar refractivity (Wildman–Crippen MR) is 175 cm³/mol. The van der Waals surface area contributed by atoms with Crippen molar-refractivity contribution in [2.45, 2.75) is 55.3 Å². The van der Waals surface area contributed by atoms with Gasteiger partial charge in [-0.15, -0.1) is 11.3 Å². The molecule has 2 aromatic carbocycles. The zero-order valence-electron chi connectivity index (χ0n) is 24.3. The van der Waals surface area contributed by atoms with Crippen LogP contribution in [0.5, 0.6) is 0 Å². The van der Waals surface area contributed by atoms with Crippen molar-refractivity contribution in [3.05, 3.63) is 98.0 Å². The second kappa shape index (κ2) is 13.6. The third kappa shape index (κ3) is 7.77. The highest BCUT2D eigenvalue weighted by atomic mass is 35.5. The second-order valence-electron chi connectivity index (χ2n) is 11.5. The number of aliphatic carboxylic acids is 1. The van der Waals surface area contributed by atoms with Crippen LogP contribution < -0.4 is 0 Å². The van der Waals surface area contributed by atoms with Crippen LogP contribution in [0.3, 0.4) is 0 Å². The van der Waals surface area contributed by atoms with Crippen LogP contribution in [0.2, 0.25) is 9.36 Å². The highest BCUT2D eigenvalue weighted by Crippen LogP contribution is 2.54. The second-order valence-corrected chi connectivity index (χ2v) is 14.8. The molecule has 1 saturated carbocycles. The van der Waals surface area contributed by atoms with E-state index in [1.807, 2.05) is 36.4 Å². The zero-order chi connectivity index (χ0) is 34.2. The molecule has 250 valence electrons. The predicted octanol–water partition coefficient (Wildman–Crippen LogP) is 10.7. The Morgan fingerprint density at radius 3 is 2.36 bits per heavy atom. The molecular formula is C33H27Cl2F6NO3S2. The van der Waals surface area contributed by atoms with Gasteiger partial charge in [-0.2, -0.15) is 38.1 Å². The van der Waals surface area contributed by atoms with Crippen LogP contribution in [0.4, 0.5) is 26.3 Å². The summed E-state index contributed by atoms with van der Waals surface area (Å²) in [5.41, 5.74) is -4.28. The van der Waals surface area contributed by atoms with E-state index in [9.17, 15) is 41.4 Å². The molecule has 47 heavy (non-hydrogen) atoms. The third-order valence-corrected chi connectivity index (χ3v) is 11.8. The quantitative estimate of drug-likeness (QED) is 0.142. The lowest BCUT2D eigenvalue weighted by atomic mass is 9.86. The van der Waals surface area contributed by atoms with E-state index in [4.69, 9.17) is 23.2 Å². The van der Waals surface area contributed by atoms with Crippen LogP contribution in [-0.4, -0.2) is 39.3 Å². The van der Waals surface area contributed by atoms with Crippen molar-refractivity contribution in [3.8, 4) is 0 Å². The van der Waals surface area contributed by atoms with Gasteiger partial charge in [-0.3, -0.25) is 4.79 Å². The minimum Gasteiger partial charge on any atom is -0.481 e. The number of carboxylic acids is 1. The molecule has 2 N–H and O–H groups in total. The summed E-state index contributed by atoms with van der Waals surface area (Å²) in [6.07, 6.45) is -7.11. The van der Waals surface area contributed by atoms with Gasteiger partial charge in [0.2, 0.25) is 0 Å². The molecule has 5 rings (SSSR count). The van der Waals surface area contributed by atoms with E-state index in [0.29, 0.717) is 45.2 Å². The van der Waals surface area contributed by atoms with Crippen molar-refractivity contribution in [1.82, 2.24) is 4.98 Å². The van der Waals surface area contributed by atoms with Crippen LogP contribution in [0, 0.1) is 5.41 Å². The van der Waals surface area contributed by atoms with Crippen molar-refractivity contribution < 1.29 is 41.4 Å². The molecule has 4 nitrogen and oxygen atoms in total. The van der Waals surface area contributed by atoms with E-state index in [0.717, 1.165) is 28.0 Å². The van der Waals surface area contributed by atoms with Gasteiger partial charge < -0.3 is 10.2 Å². The highest BCUT2D eigenvalue weighted by molar-refractivity contribution is 7.99. The molecule has 4 aromatic rings. The molecule has 2 aromatic heterocycles. The molecule has 0 spiro atoms. The molecule has 0 aliphatic heterocycles. The minimum absolute atomic E-state index is 0.0285. The number of thioether (sulfide) groups is 1. The number of rotatable bonds is 12. The van der Waals surface area contributed by atoms with Gasteiger partial charge in [0.1, 0.15) is 9.85 Å². The van der Waals surface area contributed by atoms with Crippen LogP contribution in [0.15, 0.2) is 60.7 Å².